The Bertz CT molecular complexity index is 689. The number of rotatable bonds is 5. The van der Waals surface area contributed by atoms with Gasteiger partial charge >= 0.3 is 6.03 Å². The minimum absolute atomic E-state index is 0.0143. The Morgan fingerprint density at radius 1 is 1.17 bits per heavy atom. The van der Waals surface area contributed by atoms with Gasteiger partial charge in [-0.3, -0.25) is 10.1 Å². The molecule has 0 aliphatic rings. The number of benzene rings is 2. The number of nitrogens with one attached hydrogen (secondary N) is 2. The van der Waals surface area contributed by atoms with Crippen LogP contribution in [-0.4, -0.2) is 22.6 Å². The summed E-state index contributed by atoms with van der Waals surface area (Å²) < 4.78 is 0. The molecule has 2 amide bonds. The number of carbonyl (C=O) groups excluding carboxylic acids is 1. The van der Waals surface area contributed by atoms with E-state index in [9.17, 15) is 20.0 Å². The number of hydrogen-bond donors (Lipinski definition) is 3. The van der Waals surface area contributed by atoms with Crippen molar-refractivity contribution in [2.45, 2.75) is 6.10 Å². The molecule has 0 spiro atoms. The van der Waals surface area contributed by atoms with Crippen molar-refractivity contribution >= 4 is 29.0 Å². The molecule has 0 saturated carbocycles. The minimum atomic E-state index is -0.866. The summed E-state index contributed by atoms with van der Waals surface area (Å²) in [4.78, 5) is 21.7. The zero-order valence-corrected chi connectivity index (χ0v) is 12.7. The van der Waals surface area contributed by atoms with E-state index in [0.717, 1.165) is 0 Å². The topological polar surface area (TPSA) is 104 Å². The maximum Gasteiger partial charge on any atom is 0.319 e. The minimum Gasteiger partial charge on any atom is -0.387 e. The first-order valence-corrected chi connectivity index (χ1v) is 7.06. The van der Waals surface area contributed by atoms with Crippen LogP contribution in [0.3, 0.4) is 0 Å². The summed E-state index contributed by atoms with van der Waals surface area (Å²) in [6, 6.07) is 11.5. The number of hydrogen-bond acceptors (Lipinski definition) is 4. The summed E-state index contributed by atoms with van der Waals surface area (Å²) in [5, 5.41) is 26.1. The molecule has 0 radical (unpaired) electrons. The van der Waals surface area contributed by atoms with E-state index in [1.54, 1.807) is 24.3 Å². The first kappa shape index (κ1) is 16.7. The molecule has 0 saturated heterocycles. The highest BCUT2D eigenvalue weighted by molar-refractivity contribution is 6.30. The summed E-state index contributed by atoms with van der Waals surface area (Å²) in [6.45, 7) is 0.0143. The highest BCUT2D eigenvalue weighted by atomic mass is 35.5. The molecule has 2 rings (SSSR count). The van der Waals surface area contributed by atoms with Gasteiger partial charge < -0.3 is 15.7 Å². The van der Waals surface area contributed by atoms with Gasteiger partial charge in [0.25, 0.3) is 5.69 Å². The van der Waals surface area contributed by atoms with E-state index < -0.39 is 17.1 Å². The summed E-state index contributed by atoms with van der Waals surface area (Å²) >= 11 is 5.76. The van der Waals surface area contributed by atoms with Crippen molar-refractivity contribution in [2.24, 2.45) is 0 Å². The molecule has 8 heteroatoms. The molecule has 0 heterocycles. The lowest BCUT2D eigenvalue weighted by Crippen LogP contribution is -2.32. The molecule has 1 atom stereocenters. The van der Waals surface area contributed by atoms with Crippen LogP contribution < -0.4 is 10.6 Å². The number of aliphatic hydroxyl groups is 1. The Hall–Kier alpha value is -2.64. The lowest BCUT2D eigenvalue weighted by atomic mass is 10.1. The number of non-ortho nitro benzene ring substituents is 1. The molecule has 0 aliphatic carbocycles. The number of anilines is 1. The fourth-order valence-corrected chi connectivity index (χ4v) is 1.96. The maximum absolute atomic E-state index is 11.7. The number of urea groups is 1. The fourth-order valence-electron chi connectivity index (χ4n) is 1.83. The number of carbonyl (C=O) groups is 1. The molecule has 7 nitrogen and oxygen atoms in total. The Balaban J connectivity index is 1.84. The van der Waals surface area contributed by atoms with E-state index >= 15 is 0 Å². The van der Waals surface area contributed by atoms with Gasteiger partial charge in [-0.25, -0.2) is 4.79 Å². The molecule has 3 N–H and O–H groups in total. The number of nitro groups is 1. The van der Waals surface area contributed by atoms with Gasteiger partial charge in [0.2, 0.25) is 0 Å². The zero-order chi connectivity index (χ0) is 16.8. The van der Waals surface area contributed by atoms with Crippen LogP contribution in [0.25, 0.3) is 0 Å². The van der Waals surface area contributed by atoms with Crippen LogP contribution in [0.1, 0.15) is 11.7 Å². The Kier molecular flexibility index (Phi) is 5.51. The third kappa shape index (κ3) is 4.94. The highest BCUT2D eigenvalue weighted by Gasteiger charge is 2.10. The van der Waals surface area contributed by atoms with E-state index in [0.29, 0.717) is 16.3 Å². The highest BCUT2D eigenvalue weighted by Crippen LogP contribution is 2.17. The van der Waals surface area contributed by atoms with E-state index in [4.69, 9.17) is 11.6 Å². The quantitative estimate of drug-likeness (QED) is 0.576. The molecular formula is C15H14ClN3O4. The predicted octanol–water partition coefficient (Wildman–Crippen LogP) is 3.10. The van der Waals surface area contributed by atoms with Crippen molar-refractivity contribution < 1.29 is 14.8 Å². The van der Waals surface area contributed by atoms with Gasteiger partial charge in [0.05, 0.1) is 11.0 Å². The van der Waals surface area contributed by atoms with Crippen molar-refractivity contribution in [3.8, 4) is 0 Å². The molecule has 0 bridgehead atoms. The molecule has 2 aromatic rings. The number of aliphatic hydroxyl groups excluding tert-OH is 1. The third-order valence-corrected chi connectivity index (χ3v) is 3.30. The van der Waals surface area contributed by atoms with Crippen LogP contribution >= 0.6 is 11.6 Å². The lowest BCUT2D eigenvalue weighted by molar-refractivity contribution is -0.384. The van der Waals surface area contributed by atoms with Crippen LogP contribution in [0.15, 0.2) is 48.5 Å². The molecular weight excluding hydrogens is 322 g/mol. The number of nitrogens with zero attached hydrogens (tertiary/aromatic N) is 1. The van der Waals surface area contributed by atoms with E-state index in [1.807, 2.05) is 0 Å². The Morgan fingerprint density at radius 3 is 2.35 bits per heavy atom. The van der Waals surface area contributed by atoms with Gasteiger partial charge in [-0.05, 0) is 29.8 Å². The largest absolute Gasteiger partial charge is 0.387 e. The average Bonchev–Trinajstić information content (AvgIpc) is 2.54. The molecule has 0 aliphatic heterocycles. The molecule has 23 heavy (non-hydrogen) atoms. The van der Waals surface area contributed by atoms with Crippen LogP contribution in [-0.2, 0) is 0 Å². The van der Waals surface area contributed by atoms with Crippen molar-refractivity contribution in [1.29, 1.82) is 0 Å². The smallest absolute Gasteiger partial charge is 0.319 e. The van der Waals surface area contributed by atoms with E-state index in [1.165, 1.54) is 24.3 Å². The Morgan fingerprint density at radius 2 is 1.78 bits per heavy atom. The molecule has 0 fully saturated rings. The predicted molar refractivity (Wildman–Crippen MR) is 86.5 cm³/mol. The summed E-state index contributed by atoms with van der Waals surface area (Å²) in [7, 11) is 0. The molecule has 2 aromatic carbocycles. The fraction of sp³-hybridized carbons (Fsp3) is 0.133. The lowest BCUT2D eigenvalue weighted by Gasteiger charge is -2.13. The normalized spacial score (nSPS) is 11.6. The van der Waals surface area contributed by atoms with Gasteiger partial charge in [-0.15, -0.1) is 0 Å². The third-order valence-electron chi connectivity index (χ3n) is 3.05. The van der Waals surface area contributed by atoms with E-state index in [2.05, 4.69) is 10.6 Å². The van der Waals surface area contributed by atoms with Gasteiger partial charge in [-0.1, -0.05) is 23.7 Å². The monoisotopic (exact) mass is 335 g/mol. The van der Waals surface area contributed by atoms with Crippen LogP contribution in [0, 0.1) is 10.1 Å². The summed E-state index contributed by atoms with van der Waals surface area (Å²) in [5.74, 6) is 0. The van der Waals surface area contributed by atoms with Gasteiger partial charge in [0.1, 0.15) is 0 Å². The SMILES string of the molecule is O=C(NC[C@@H](O)c1ccc(Cl)cc1)Nc1ccc([N+](=O)[O-])cc1. The maximum atomic E-state index is 11.7. The average molecular weight is 336 g/mol. The van der Waals surface area contributed by atoms with Crippen molar-refractivity contribution in [2.75, 3.05) is 11.9 Å². The van der Waals surface area contributed by atoms with Crippen molar-refractivity contribution in [3.63, 3.8) is 0 Å². The zero-order valence-electron chi connectivity index (χ0n) is 11.9. The Labute approximate surface area is 137 Å². The molecule has 0 unspecified atom stereocenters. The second-order valence-electron chi connectivity index (χ2n) is 4.71. The van der Waals surface area contributed by atoms with Gasteiger partial charge in [0.15, 0.2) is 0 Å². The van der Waals surface area contributed by atoms with Crippen LogP contribution in [0.4, 0.5) is 16.2 Å². The molecule has 120 valence electrons. The standard InChI is InChI=1S/C15H14ClN3O4/c16-11-3-1-10(2-4-11)14(20)9-17-15(21)18-12-5-7-13(8-6-12)19(22)23/h1-8,14,20H,9H2,(H2,17,18,21)/t14-/m1/s1. The van der Waals surface area contributed by atoms with Crippen LogP contribution in [0.5, 0.6) is 0 Å². The van der Waals surface area contributed by atoms with Gasteiger partial charge in [0, 0.05) is 29.4 Å². The first-order chi connectivity index (χ1) is 11.0. The number of nitro benzene ring substituents is 1. The van der Waals surface area contributed by atoms with Crippen molar-refractivity contribution in [3.05, 3.63) is 69.2 Å². The summed E-state index contributed by atoms with van der Waals surface area (Å²) in [6.07, 6.45) is -0.866. The van der Waals surface area contributed by atoms with E-state index in [-0.39, 0.29) is 12.2 Å². The second-order valence-corrected chi connectivity index (χ2v) is 5.14. The van der Waals surface area contributed by atoms with Crippen molar-refractivity contribution in [1.82, 2.24) is 5.32 Å². The number of halogens is 1. The first-order valence-electron chi connectivity index (χ1n) is 6.68. The second kappa shape index (κ2) is 7.57. The van der Waals surface area contributed by atoms with Gasteiger partial charge in [-0.2, -0.15) is 0 Å². The number of amides is 2. The van der Waals surface area contributed by atoms with Crippen LogP contribution in [0.2, 0.25) is 5.02 Å². The summed E-state index contributed by atoms with van der Waals surface area (Å²) in [5.41, 5.74) is 0.980. The molecule has 0 aromatic heterocycles.